The molecule has 0 aromatic rings. The second-order valence-electron chi connectivity index (χ2n) is 2.50. The van der Waals surface area contributed by atoms with Crippen molar-refractivity contribution in [2.24, 2.45) is 5.73 Å². The summed E-state index contributed by atoms with van der Waals surface area (Å²) in [6.45, 7) is 1.70. The molecule has 0 saturated heterocycles. The first-order chi connectivity index (χ1) is 5.40. The number of carboxylic acids is 1. The summed E-state index contributed by atoms with van der Waals surface area (Å²) in [5, 5.41) is 7.00. The first-order valence-corrected chi connectivity index (χ1v) is 5.30. The van der Waals surface area contributed by atoms with Gasteiger partial charge in [-0.15, -0.1) is 0 Å². The Labute approximate surface area is 71.5 Å². The minimum atomic E-state index is -3.41. The molecule has 0 aromatic heterocycles. The predicted octanol–water partition coefficient (Wildman–Crippen LogP) is -0.429. The Morgan fingerprint density at radius 2 is 2.08 bits per heavy atom. The Kier molecular flexibility index (Phi) is 4.19. The molecule has 5 nitrogen and oxygen atoms in total. The number of sulfone groups is 1. The third-order valence-electron chi connectivity index (χ3n) is 1.33. The van der Waals surface area contributed by atoms with Crippen molar-refractivity contribution in [3.63, 3.8) is 0 Å². The van der Waals surface area contributed by atoms with Crippen LogP contribution in [0.2, 0.25) is 0 Å². The van der Waals surface area contributed by atoms with Gasteiger partial charge in [0.25, 0.3) is 0 Å². The van der Waals surface area contributed by atoms with Crippen molar-refractivity contribution >= 4 is 15.8 Å². The molecule has 0 aromatic carbocycles. The molecular formula is C6H13NO4S. The van der Waals surface area contributed by atoms with Crippen LogP contribution in [-0.2, 0) is 14.6 Å². The van der Waals surface area contributed by atoms with Crippen molar-refractivity contribution in [2.75, 3.05) is 5.75 Å². The number of aliphatic carboxylic acids is 1. The van der Waals surface area contributed by atoms with Crippen LogP contribution < -0.4 is 5.73 Å². The first-order valence-electron chi connectivity index (χ1n) is 3.59. The van der Waals surface area contributed by atoms with E-state index in [1.807, 2.05) is 0 Å². The minimum Gasteiger partial charge on any atom is -0.481 e. The van der Waals surface area contributed by atoms with Crippen molar-refractivity contribution < 1.29 is 18.3 Å². The normalized spacial score (nSPS) is 14.2. The lowest BCUT2D eigenvalue weighted by molar-refractivity contribution is -0.137. The summed E-state index contributed by atoms with van der Waals surface area (Å²) >= 11 is 0. The van der Waals surface area contributed by atoms with E-state index < -0.39 is 27.6 Å². The lowest BCUT2D eigenvalue weighted by Gasteiger charge is -2.08. The van der Waals surface area contributed by atoms with Crippen LogP contribution in [0.3, 0.4) is 0 Å². The van der Waals surface area contributed by atoms with Crippen LogP contribution in [0.15, 0.2) is 0 Å². The maximum Gasteiger partial charge on any atom is 0.305 e. The Morgan fingerprint density at radius 3 is 2.42 bits per heavy atom. The highest BCUT2D eigenvalue weighted by molar-refractivity contribution is 7.91. The van der Waals surface area contributed by atoms with Crippen LogP contribution >= 0.6 is 0 Å². The molecule has 0 heterocycles. The van der Waals surface area contributed by atoms with E-state index in [9.17, 15) is 13.2 Å². The number of hydrogen-bond acceptors (Lipinski definition) is 4. The van der Waals surface area contributed by atoms with Gasteiger partial charge in [0.05, 0.1) is 12.2 Å². The third-order valence-corrected chi connectivity index (χ3v) is 3.39. The maximum atomic E-state index is 11.1. The molecule has 0 fully saturated rings. The molecule has 1 unspecified atom stereocenters. The van der Waals surface area contributed by atoms with Crippen LogP contribution in [0.5, 0.6) is 0 Å². The van der Waals surface area contributed by atoms with Crippen molar-refractivity contribution in [1.29, 1.82) is 0 Å². The van der Waals surface area contributed by atoms with Gasteiger partial charge in [-0.2, -0.15) is 0 Å². The summed E-state index contributed by atoms with van der Waals surface area (Å²) in [5.74, 6) is -1.25. The molecule has 0 aliphatic carbocycles. The van der Waals surface area contributed by atoms with Gasteiger partial charge in [-0.1, -0.05) is 6.92 Å². The van der Waals surface area contributed by atoms with Gasteiger partial charge >= 0.3 is 5.97 Å². The minimum absolute atomic E-state index is 0.0541. The van der Waals surface area contributed by atoms with Crippen molar-refractivity contribution in [1.82, 2.24) is 0 Å². The predicted molar refractivity (Wildman–Crippen MR) is 44.3 cm³/mol. The Balaban J connectivity index is 4.26. The van der Waals surface area contributed by atoms with Crippen LogP contribution in [0, 0.1) is 0 Å². The van der Waals surface area contributed by atoms with Crippen molar-refractivity contribution in [3.05, 3.63) is 0 Å². The van der Waals surface area contributed by atoms with Crippen LogP contribution in [0.25, 0.3) is 0 Å². The van der Waals surface area contributed by atoms with Gasteiger partial charge in [-0.25, -0.2) is 8.42 Å². The topological polar surface area (TPSA) is 97.5 Å². The van der Waals surface area contributed by atoms with E-state index in [4.69, 9.17) is 10.8 Å². The van der Waals surface area contributed by atoms with E-state index in [-0.39, 0.29) is 5.75 Å². The van der Waals surface area contributed by atoms with Gasteiger partial charge in [-0.3, -0.25) is 4.79 Å². The molecule has 0 amide bonds. The summed E-state index contributed by atoms with van der Waals surface area (Å²) in [4.78, 5) is 10.1. The van der Waals surface area contributed by atoms with E-state index in [2.05, 4.69) is 0 Å². The van der Waals surface area contributed by atoms with E-state index in [0.717, 1.165) is 0 Å². The fraction of sp³-hybridized carbons (Fsp3) is 0.833. The SMILES string of the molecule is CCCS(=O)(=O)C(N)CC(=O)O. The molecule has 0 spiro atoms. The fourth-order valence-corrected chi connectivity index (χ4v) is 2.00. The maximum absolute atomic E-state index is 11.1. The second kappa shape index (κ2) is 4.42. The summed E-state index contributed by atoms with van der Waals surface area (Å²) in [5.41, 5.74) is 5.17. The van der Waals surface area contributed by atoms with Crippen LogP contribution in [-0.4, -0.2) is 30.6 Å². The fourth-order valence-electron chi connectivity index (χ4n) is 0.735. The highest BCUT2D eigenvalue weighted by Crippen LogP contribution is 2.02. The van der Waals surface area contributed by atoms with Crippen molar-refractivity contribution in [3.8, 4) is 0 Å². The largest absolute Gasteiger partial charge is 0.481 e. The zero-order valence-electron chi connectivity index (χ0n) is 6.86. The smallest absolute Gasteiger partial charge is 0.305 e. The molecule has 0 radical (unpaired) electrons. The average Bonchev–Trinajstić information content (AvgIpc) is 1.85. The molecule has 3 N–H and O–H groups in total. The standard InChI is InChI=1S/C6H13NO4S/c1-2-3-12(10,11)5(7)4-6(8)9/h5H,2-4,7H2,1H3,(H,8,9). The van der Waals surface area contributed by atoms with Gasteiger partial charge in [0, 0.05) is 0 Å². The zero-order chi connectivity index (χ0) is 9.78. The van der Waals surface area contributed by atoms with Crippen LogP contribution in [0.1, 0.15) is 19.8 Å². The zero-order valence-corrected chi connectivity index (χ0v) is 7.67. The number of nitrogens with two attached hydrogens (primary N) is 1. The van der Waals surface area contributed by atoms with Gasteiger partial charge < -0.3 is 10.8 Å². The Bertz CT molecular complexity index is 246. The third kappa shape index (κ3) is 3.68. The summed E-state index contributed by atoms with van der Waals surface area (Å²) in [7, 11) is -3.41. The number of carbonyl (C=O) groups is 1. The molecule has 0 rings (SSSR count). The molecule has 12 heavy (non-hydrogen) atoms. The lowest BCUT2D eigenvalue weighted by Crippen LogP contribution is -2.34. The van der Waals surface area contributed by atoms with Gasteiger partial charge in [-0.05, 0) is 6.42 Å². The monoisotopic (exact) mass is 195 g/mol. The van der Waals surface area contributed by atoms with Crippen LogP contribution in [0.4, 0.5) is 0 Å². The number of rotatable bonds is 5. The summed E-state index contributed by atoms with van der Waals surface area (Å²) in [6, 6.07) is 0. The molecule has 1 atom stereocenters. The lowest BCUT2D eigenvalue weighted by atomic mass is 10.4. The Hall–Kier alpha value is -0.620. The van der Waals surface area contributed by atoms with Gasteiger partial charge in [0.15, 0.2) is 9.84 Å². The molecule has 0 aliphatic heterocycles. The molecule has 0 aliphatic rings. The summed E-state index contributed by atoms with van der Waals surface area (Å²) < 4.78 is 22.2. The van der Waals surface area contributed by atoms with Crippen molar-refractivity contribution in [2.45, 2.75) is 25.1 Å². The van der Waals surface area contributed by atoms with E-state index in [0.29, 0.717) is 6.42 Å². The molecule has 6 heteroatoms. The highest BCUT2D eigenvalue weighted by atomic mass is 32.2. The molecule has 72 valence electrons. The first kappa shape index (κ1) is 11.4. The van der Waals surface area contributed by atoms with E-state index >= 15 is 0 Å². The highest BCUT2D eigenvalue weighted by Gasteiger charge is 2.22. The van der Waals surface area contributed by atoms with Gasteiger partial charge in [0.2, 0.25) is 0 Å². The van der Waals surface area contributed by atoms with E-state index in [1.54, 1.807) is 6.92 Å². The number of hydrogen-bond donors (Lipinski definition) is 2. The number of carboxylic acid groups (broad SMARTS) is 1. The van der Waals surface area contributed by atoms with Gasteiger partial charge in [0.1, 0.15) is 5.37 Å². The summed E-state index contributed by atoms with van der Waals surface area (Å²) in [6.07, 6.45) is -0.0714. The molecular weight excluding hydrogens is 182 g/mol. The molecule has 0 saturated carbocycles. The molecule has 0 bridgehead atoms. The average molecular weight is 195 g/mol. The second-order valence-corrected chi connectivity index (χ2v) is 4.84. The Morgan fingerprint density at radius 1 is 1.58 bits per heavy atom. The van der Waals surface area contributed by atoms with E-state index in [1.165, 1.54) is 0 Å². The quantitative estimate of drug-likeness (QED) is 0.620.